The number of aromatic nitrogens is 1. The van der Waals surface area contributed by atoms with Gasteiger partial charge in [-0.1, -0.05) is 30.3 Å². The number of carbonyl (C=O) groups excluding carboxylic acids is 1. The molecule has 2 rings (SSSR count). The van der Waals surface area contributed by atoms with E-state index in [1.165, 1.54) is 18.3 Å². The Morgan fingerprint density at radius 3 is 2.48 bits per heavy atom. The molecule has 2 aromatic rings. The summed E-state index contributed by atoms with van der Waals surface area (Å²) in [5.74, 6) is -1.64. The second-order valence-corrected chi connectivity index (χ2v) is 4.45. The molecule has 0 saturated carbocycles. The predicted molar refractivity (Wildman–Crippen MR) is 76.0 cm³/mol. The van der Waals surface area contributed by atoms with Gasteiger partial charge in [0.2, 0.25) is 0 Å². The molecule has 1 aromatic carbocycles. The highest BCUT2D eigenvalue weighted by Gasteiger charge is 2.19. The van der Waals surface area contributed by atoms with E-state index in [-0.39, 0.29) is 12.0 Å². The van der Waals surface area contributed by atoms with Crippen molar-refractivity contribution < 1.29 is 14.7 Å². The number of carboxylic acids is 1. The van der Waals surface area contributed by atoms with E-state index in [0.29, 0.717) is 5.56 Å². The Morgan fingerprint density at radius 1 is 1.14 bits per heavy atom. The number of hydrogen-bond acceptors (Lipinski definition) is 3. The summed E-state index contributed by atoms with van der Waals surface area (Å²) >= 11 is 0. The first-order valence-electron chi connectivity index (χ1n) is 6.33. The number of rotatable bonds is 5. The van der Waals surface area contributed by atoms with Gasteiger partial charge in [0.05, 0.1) is 12.5 Å². The molecule has 108 valence electrons. The maximum absolute atomic E-state index is 12.1. The monoisotopic (exact) mass is 286 g/mol. The topological polar surface area (TPSA) is 99.3 Å². The maximum atomic E-state index is 12.1. The fraction of sp³-hybridized carbons (Fsp3) is 0.133. The first-order valence-corrected chi connectivity index (χ1v) is 6.33. The standard InChI is InChI=1S/C15H14N2O4/c18-13(19)9-12(10-5-2-1-3-6-10)17-15(21)11-7-4-8-16-14(11)20/h1-8,12H,9H2,(H,16,20)(H,17,21)(H,18,19). The maximum Gasteiger partial charge on any atom is 0.305 e. The molecule has 6 nitrogen and oxygen atoms in total. The second-order valence-electron chi connectivity index (χ2n) is 4.45. The van der Waals surface area contributed by atoms with Crippen molar-refractivity contribution in [3.63, 3.8) is 0 Å². The molecule has 0 aliphatic heterocycles. The smallest absolute Gasteiger partial charge is 0.305 e. The molecule has 21 heavy (non-hydrogen) atoms. The van der Waals surface area contributed by atoms with E-state index >= 15 is 0 Å². The summed E-state index contributed by atoms with van der Waals surface area (Å²) in [6.07, 6.45) is 1.16. The van der Waals surface area contributed by atoms with Crippen LogP contribution in [0.25, 0.3) is 0 Å². The van der Waals surface area contributed by atoms with Gasteiger partial charge in [-0.2, -0.15) is 0 Å². The van der Waals surface area contributed by atoms with E-state index in [4.69, 9.17) is 5.11 Å². The number of pyridine rings is 1. The third-order valence-corrected chi connectivity index (χ3v) is 2.95. The van der Waals surface area contributed by atoms with Crippen LogP contribution in [0.1, 0.15) is 28.4 Å². The minimum absolute atomic E-state index is 0.0520. The van der Waals surface area contributed by atoms with Crippen LogP contribution in [0.4, 0.5) is 0 Å². The van der Waals surface area contributed by atoms with Crippen LogP contribution in [-0.4, -0.2) is 22.0 Å². The Morgan fingerprint density at radius 2 is 1.86 bits per heavy atom. The minimum atomic E-state index is -1.04. The quantitative estimate of drug-likeness (QED) is 0.771. The van der Waals surface area contributed by atoms with E-state index in [2.05, 4.69) is 10.3 Å². The number of nitrogens with one attached hydrogen (secondary N) is 2. The Bertz CT molecular complexity index is 694. The summed E-state index contributed by atoms with van der Waals surface area (Å²) in [6.45, 7) is 0. The van der Waals surface area contributed by atoms with Crippen molar-refractivity contribution in [3.8, 4) is 0 Å². The molecule has 6 heteroatoms. The lowest BCUT2D eigenvalue weighted by molar-refractivity contribution is -0.137. The van der Waals surface area contributed by atoms with Crippen molar-refractivity contribution in [2.75, 3.05) is 0 Å². The molecule has 1 aromatic heterocycles. The molecule has 0 spiro atoms. The molecule has 1 heterocycles. The summed E-state index contributed by atoms with van der Waals surface area (Å²) in [5, 5.41) is 11.5. The van der Waals surface area contributed by atoms with Crippen LogP contribution in [0.3, 0.4) is 0 Å². The van der Waals surface area contributed by atoms with Crippen molar-refractivity contribution in [1.29, 1.82) is 0 Å². The summed E-state index contributed by atoms with van der Waals surface area (Å²) in [6, 6.07) is 11.0. The lowest BCUT2D eigenvalue weighted by Crippen LogP contribution is -2.33. The number of amides is 1. The van der Waals surface area contributed by atoms with Crippen LogP contribution < -0.4 is 10.9 Å². The Hall–Kier alpha value is -2.89. The number of aliphatic carboxylic acids is 1. The average molecular weight is 286 g/mol. The second kappa shape index (κ2) is 6.51. The number of aromatic amines is 1. The van der Waals surface area contributed by atoms with Crippen LogP contribution in [0, 0.1) is 0 Å². The SMILES string of the molecule is O=C(O)CC(NC(=O)c1ccc[nH]c1=O)c1ccccc1. The molecule has 0 fully saturated rings. The highest BCUT2D eigenvalue weighted by molar-refractivity contribution is 5.94. The molecule has 3 N–H and O–H groups in total. The van der Waals surface area contributed by atoms with E-state index in [0.717, 1.165) is 0 Å². The van der Waals surface area contributed by atoms with Crippen LogP contribution in [0.5, 0.6) is 0 Å². The van der Waals surface area contributed by atoms with Crippen LogP contribution in [0.2, 0.25) is 0 Å². The summed E-state index contributed by atoms with van der Waals surface area (Å²) in [7, 11) is 0. The third kappa shape index (κ3) is 3.79. The lowest BCUT2D eigenvalue weighted by Gasteiger charge is -2.17. The highest BCUT2D eigenvalue weighted by atomic mass is 16.4. The van der Waals surface area contributed by atoms with E-state index in [1.54, 1.807) is 30.3 Å². The van der Waals surface area contributed by atoms with Gasteiger partial charge in [-0.3, -0.25) is 14.4 Å². The number of benzene rings is 1. The minimum Gasteiger partial charge on any atom is -0.481 e. The number of carbonyl (C=O) groups is 2. The first kappa shape index (κ1) is 14.5. The zero-order valence-corrected chi connectivity index (χ0v) is 11.1. The van der Waals surface area contributed by atoms with E-state index in [9.17, 15) is 14.4 Å². The molecule has 1 atom stereocenters. The largest absolute Gasteiger partial charge is 0.481 e. The molecule has 0 aliphatic carbocycles. The van der Waals surface area contributed by atoms with Crippen LogP contribution >= 0.6 is 0 Å². The van der Waals surface area contributed by atoms with Gasteiger partial charge in [0.15, 0.2) is 0 Å². The van der Waals surface area contributed by atoms with Gasteiger partial charge in [0.25, 0.3) is 11.5 Å². The Kier molecular flexibility index (Phi) is 4.50. The lowest BCUT2D eigenvalue weighted by atomic mass is 10.0. The zero-order valence-electron chi connectivity index (χ0n) is 11.1. The van der Waals surface area contributed by atoms with Crippen molar-refractivity contribution in [2.24, 2.45) is 0 Å². The fourth-order valence-electron chi connectivity index (χ4n) is 1.95. The molecule has 0 radical (unpaired) electrons. The van der Waals surface area contributed by atoms with E-state index in [1.807, 2.05) is 0 Å². The zero-order chi connectivity index (χ0) is 15.2. The molecular weight excluding hydrogens is 272 g/mol. The highest BCUT2D eigenvalue weighted by Crippen LogP contribution is 2.16. The van der Waals surface area contributed by atoms with Gasteiger partial charge in [0, 0.05) is 6.20 Å². The molecule has 0 aliphatic rings. The van der Waals surface area contributed by atoms with Gasteiger partial charge < -0.3 is 15.4 Å². The van der Waals surface area contributed by atoms with Gasteiger partial charge in [-0.05, 0) is 17.7 Å². The number of carboxylic acid groups (broad SMARTS) is 1. The summed E-state index contributed by atoms with van der Waals surface area (Å²) < 4.78 is 0. The molecular formula is C15H14N2O4. The van der Waals surface area contributed by atoms with Crippen molar-refractivity contribution in [1.82, 2.24) is 10.3 Å². The fourth-order valence-corrected chi connectivity index (χ4v) is 1.95. The number of H-pyrrole nitrogens is 1. The molecule has 0 bridgehead atoms. The van der Waals surface area contributed by atoms with Gasteiger partial charge in [-0.15, -0.1) is 0 Å². The van der Waals surface area contributed by atoms with Crippen LogP contribution in [-0.2, 0) is 4.79 Å². The summed E-state index contributed by atoms with van der Waals surface area (Å²) in [5.41, 5.74) is 0.0987. The van der Waals surface area contributed by atoms with Crippen LogP contribution in [0.15, 0.2) is 53.5 Å². The van der Waals surface area contributed by atoms with Crippen molar-refractivity contribution in [2.45, 2.75) is 12.5 Å². The van der Waals surface area contributed by atoms with Gasteiger partial charge in [0.1, 0.15) is 5.56 Å². The van der Waals surface area contributed by atoms with Gasteiger partial charge in [-0.25, -0.2) is 0 Å². The molecule has 1 amide bonds. The third-order valence-electron chi connectivity index (χ3n) is 2.95. The molecule has 0 saturated heterocycles. The average Bonchev–Trinajstić information content (AvgIpc) is 2.47. The normalized spacial score (nSPS) is 11.6. The first-order chi connectivity index (χ1) is 10.1. The Balaban J connectivity index is 2.23. The summed E-state index contributed by atoms with van der Waals surface area (Å²) in [4.78, 5) is 37.0. The van der Waals surface area contributed by atoms with Crippen molar-refractivity contribution >= 4 is 11.9 Å². The number of hydrogen-bond donors (Lipinski definition) is 3. The Labute approximate surface area is 120 Å². The van der Waals surface area contributed by atoms with Crippen molar-refractivity contribution in [3.05, 3.63) is 70.1 Å². The van der Waals surface area contributed by atoms with E-state index < -0.39 is 23.5 Å². The molecule has 1 unspecified atom stereocenters. The predicted octanol–water partition coefficient (Wildman–Crippen LogP) is 1.32. The van der Waals surface area contributed by atoms with Gasteiger partial charge >= 0.3 is 5.97 Å².